The number of carbonyl (C=O) groups excluding carboxylic acids is 2. The lowest BCUT2D eigenvalue weighted by Crippen LogP contribution is -2.24. The summed E-state index contributed by atoms with van der Waals surface area (Å²) in [6, 6.07) is 4.93. The molecule has 1 aliphatic rings. The molecule has 0 unspecified atom stereocenters. The van der Waals surface area contributed by atoms with Gasteiger partial charge in [-0.15, -0.1) is 0 Å². The van der Waals surface area contributed by atoms with Gasteiger partial charge in [0.2, 0.25) is 0 Å². The van der Waals surface area contributed by atoms with Crippen molar-refractivity contribution in [3.63, 3.8) is 0 Å². The van der Waals surface area contributed by atoms with Crippen LogP contribution >= 0.6 is 12.2 Å². The minimum atomic E-state index is -0.523. The molecule has 0 saturated heterocycles. The molecule has 0 aromatic heterocycles. The summed E-state index contributed by atoms with van der Waals surface area (Å²) < 4.78 is 0. The Labute approximate surface area is 91.7 Å². The molecule has 1 aliphatic heterocycles. The minimum absolute atomic E-state index is 0.215. The predicted molar refractivity (Wildman–Crippen MR) is 60.1 cm³/mol. The quantitative estimate of drug-likeness (QED) is 0.552. The summed E-state index contributed by atoms with van der Waals surface area (Å²) in [5, 5.41) is 0. The molecular weight excluding hydrogens is 212 g/mol. The molecule has 76 valence electrons. The van der Waals surface area contributed by atoms with Crippen molar-refractivity contribution in [1.82, 2.24) is 0 Å². The van der Waals surface area contributed by atoms with Crippen molar-refractivity contribution in [3.8, 4) is 0 Å². The molecule has 2 N–H and O–H groups in total. The molecule has 5 heteroatoms. The second-order valence-electron chi connectivity index (χ2n) is 3.29. The number of anilines is 1. The number of fused-ring (bicyclic) bond motifs is 1. The number of likely N-dealkylation sites (N-methyl/N-ethyl adjacent to an activating group) is 1. The lowest BCUT2D eigenvalue weighted by atomic mass is 10.1. The average Bonchev–Trinajstić information content (AvgIpc) is 2.44. The Kier molecular flexibility index (Phi) is 2.04. The third-order valence-corrected chi connectivity index (χ3v) is 2.62. The van der Waals surface area contributed by atoms with E-state index in [1.807, 2.05) is 0 Å². The molecule has 1 heterocycles. The summed E-state index contributed by atoms with van der Waals surface area (Å²) in [5.41, 5.74) is 7.01. The molecule has 4 nitrogen and oxygen atoms in total. The lowest BCUT2D eigenvalue weighted by molar-refractivity contribution is -0.114. The number of nitrogens with zero attached hydrogens (tertiary/aromatic N) is 1. The second kappa shape index (κ2) is 3.13. The summed E-state index contributed by atoms with van der Waals surface area (Å²) in [6.07, 6.45) is 0. The number of hydrogen-bond acceptors (Lipinski definition) is 3. The van der Waals surface area contributed by atoms with Crippen LogP contribution in [0.15, 0.2) is 18.2 Å². The van der Waals surface area contributed by atoms with Crippen molar-refractivity contribution in [2.24, 2.45) is 5.73 Å². The number of carbonyl (C=O) groups is 2. The first-order chi connectivity index (χ1) is 7.02. The first kappa shape index (κ1) is 9.79. The summed E-state index contributed by atoms with van der Waals surface area (Å²) in [5.74, 6) is -1.03. The molecule has 0 saturated carbocycles. The van der Waals surface area contributed by atoms with Crippen LogP contribution < -0.4 is 10.6 Å². The Morgan fingerprint density at radius 1 is 1.40 bits per heavy atom. The number of Topliss-reactive ketones (excluding diaryl/α,β-unsaturated/α-hetero) is 1. The number of hydrogen-bond donors (Lipinski definition) is 1. The highest BCUT2D eigenvalue weighted by Gasteiger charge is 2.33. The third kappa shape index (κ3) is 1.32. The van der Waals surface area contributed by atoms with Crippen LogP contribution in [0.25, 0.3) is 0 Å². The number of thiocarbonyl (C=S) groups is 1. The summed E-state index contributed by atoms with van der Waals surface area (Å²) in [6.45, 7) is 0. The van der Waals surface area contributed by atoms with Gasteiger partial charge in [0.05, 0.1) is 11.3 Å². The Morgan fingerprint density at radius 3 is 2.67 bits per heavy atom. The molecule has 1 aromatic rings. The van der Waals surface area contributed by atoms with Crippen LogP contribution in [0.1, 0.15) is 15.9 Å². The molecule has 1 aromatic carbocycles. The maximum Gasteiger partial charge on any atom is 0.299 e. The van der Waals surface area contributed by atoms with Gasteiger partial charge in [0, 0.05) is 12.6 Å². The largest absolute Gasteiger partial charge is 0.389 e. The van der Waals surface area contributed by atoms with Gasteiger partial charge in [-0.25, -0.2) is 0 Å². The molecule has 15 heavy (non-hydrogen) atoms. The SMILES string of the molecule is CN1C(=O)C(=O)c2cc(C(N)=S)ccc21. The Hall–Kier alpha value is -1.75. The van der Waals surface area contributed by atoms with E-state index in [0.29, 0.717) is 16.8 Å². The zero-order chi connectivity index (χ0) is 11.2. The molecule has 0 bridgehead atoms. The van der Waals surface area contributed by atoms with Crippen molar-refractivity contribution in [2.75, 3.05) is 11.9 Å². The first-order valence-electron chi connectivity index (χ1n) is 4.28. The van der Waals surface area contributed by atoms with Crippen LogP contribution in [0.3, 0.4) is 0 Å². The van der Waals surface area contributed by atoms with E-state index in [2.05, 4.69) is 0 Å². The Morgan fingerprint density at radius 2 is 2.07 bits per heavy atom. The number of rotatable bonds is 1. The van der Waals surface area contributed by atoms with Gasteiger partial charge >= 0.3 is 0 Å². The van der Waals surface area contributed by atoms with E-state index in [1.54, 1.807) is 25.2 Å². The monoisotopic (exact) mass is 220 g/mol. The molecule has 1 amide bonds. The van der Waals surface area contributed by atoms with Gasteiger partial charge in [0.25, 0.3) is 11.7 Å². The van der Waals surface area contributed by atoms with E-state index >= 15 is 0 Å². The van der Waals surface area contributed by atoms with Gasteiger partial charge in [-0.2, -0.15) is 0 Å². The normalized spacial score (nSPS) is 14.3. The molecular formula is C10H8N2O2S. The van der Waals surface area contributed by atoms with E-state index in [4.69, 9.17) is 18.0 Å². The van der Waals surface area contributed by atoms with E-state index in [9.17, 15) is 9.59 Å². The maximum absolute atomic E-state index is 11.5. The molecule has 0 radical (unpaired) electrons. The van der Waals surface area contributed by atoms with Crippen LogP contribution in [0, 0.1) is 0 Å². The molecule has 0 spiro atoms. The second-order valence-corrected chi connectivity index (χ2v) is 3.73. The molecule has 2 rings (SSSR count). The van der Waals surface area contributed by atoms with E-state index in [0.717, 1.165) is 0 Å². The van der Waals surface area contributed by atoms with Gasteiger partial charge in [-0.1, -0.05) is 12.2 Å². The van der Waals surface area contributed by atoms with Crippen LogP contribution in [0.5, 0.6) is 0 Å². The number of ketones is 1. The highest BCUT2D eigenvalue weighted by molar-refractivity contribution is 7.80. The fraction of sp³-hybridized carbons (Fsp3) is 0.100. The highest BCUT2D eigenvalue weighted by Crippen LogP contribution is 2.28. The zero-order valence-corrected chi connectivity index (χ0v) is 8.80. The van der Waals surface area contributed by atoms with Gasteiger partial charge in [0.15, 0.2) is 0 Å². The lowest BCUT2D eigenvalue weighted by Gasteiger charge is -2.08. The van der Waals surface area contributed by atoms with Gasteiger partial charge in [-0.3, -0.25) is 9.59 Å². The van der Waals surface area contributed by atoms with Crippen molar-refractivity contribution in [1.29, 1.82) is 0 Å². The first-order valence-corrected chi connectivity index (χ1v) is 4.69. The van der Waals surface area contributed by atoms with Gasteiger partial charge in [-0.05, 0) is 18.2 Å². The van der Waals surface area contributed by atoms with E-state index in [1.165, 1.54) is 4.90 Å². The van der Waals surface area contributed by atoms with E-state index in [-0.39, 0.29) is 4.99 Å². The summed E-state index contributed by atoms with van der Waals surface area (Å²) in [7, 11) is 1.56. The molecule has 0 aliphatic carbocycles. The van der Waals surface area contributed by atoms with Crippen molar-refractivity contribution < 1.29 is 9.59 Å². The minimum Gasteiger partial charge on any atom is -0.389 e. The van der Waals surface area contributed by atoms with Crippen LogP contribution in [-0.2, 0) is 4.79 Å². The number of amides is 1. The van der Waals surface area contributed by atoms with Crippen LogP contribution in [-0.4, -0.2) is 23.7 Å². The van der Waals surface area contributed by atoms with Gasteiger partial charge in [0.1, 0.15) is 4.99 Å². The van der Waals surface area contributed by atoms with E-state index < -0.39 is 11.7 Å². The topological polar surface area (TPSA) is 63.4 Å². The highest BCUT2D eigenvalue weighted by atomic mass is 32.1. The Bertz CT molecular complexity index is 496. The standard InChI is InChI=1S/C10H8N2O2S/c1-12-7-3-2-5(9(11)15)4-6(7)8(13)10(12)14/h2-4H,1H3,(H2,11,15). The number of benzene rings is 1. The maximum atomic E-state index is 11.5. The van der Waals surface area contributed by atoms with Crippen molar-refractivity contribution >= 4 is 34.6 Å². The fourth-order valence-corrected chi connectivity index (χ4v) is 1.67. The summed E-state index contributed by atoms with van der Waals surface area (Å²) >= 11 is 4.80. The van der Waals surface area contributed by atoms with Crippen molar-refractivity contribution in [3.05, 3.63) is 29.3 Å². The smallest absolute Gasteiger partial charge is 0.299 e. The fourth-order valence-electron chi connectivity index (χ4n) is 1.54. The molecule has 0 fully saturated rings. The summed E-state index contributed by atoms with van der Waals surface area (Å²) in [4.78, 5) is 24.4. The predicted octanol–water partition coefficient (Wildman–Crippen LogP) is 0.480. The van der Waals surface area contributed by atoms with Crippen LogP contribution in [0.2, 0.25) is 0 Å². The zero-order valence-electron chi connectivity index (χ0n) is 7.98. The Balaban J connectivity index is 2.61. The number of nitrogens with two attached hydrogens (primary N) is 1. The average molecular weight is 220 g/mol. The third-order valence-electron chi connectivity index (χ3n) is 2.39. The van der Waals surface area contributed by atoms with Crippen molar-refractivity contribution in [2.45, 2.75) is 0 Å². The molecule has 0 atom stereocenters. The van der Waals surface area contributed by atoms with Crippen LogP contribution in [0.4, 0.5) is 5.69 Å². The van der Waals surface area contributed by atoms with Gasteiger partial charge < -0.3 is 10.6 Å².